The van der Waals surface area contributed by atoms with E-state index in [1.54, 1.807) is 21.0 Å². The quantitative estimate of drug-likeness (QED) is 0.295. The van der Waals surface area contributed by atoms with Crippen LogP contribution in [0, 0.1) is 11.8 Å². The van der Waals surface area contributed by atoms with E-state index < -0.39 is 67.7 Å². The number of carbonyl (C=O) groups excluding carboxylic acids is 4. The van der Waals surface area contributed by atoms with Gasteiger partial charge in [-0.25, -0.2) is 18.2 Å². The maximum atomic E-state index is 14.9. The standard InChI is InChI=1S/C43H57N5O9S/c1-25(2)26(3)56-40(52)45-33-12-10-8-6-7-9-11-28-22-43(28,39(51)47-58(53,54)41(4)19-20-41)46-37(49)34-23-42(24-48(34)38(33)50)18-17-30-31-21-29(55-5)15-16-32(31)44-35(27-13-14-27)36(30)57-42/h9,11,15-16,21,25-28,33-34H,6-8,10,12-14,17-20,22-24H2,1-5H3,(H,45,52)(H,46,49)(H,47,51)/b11-9-/t26-,28-,33+,34+,42-,43-/m1/s1. The zero-order valence-corrected chi connectivity index (χ0v) is 35.0. The molecule has 15 heteroatoms. The molecule has 4 fully saturated rings. The number of hydrogen-bond acceptors (Lipinski definition) is 10. The van der Waals surface area contributed by atoms with E-state index in [0.717, 1.165) is 47.8 Å². The van der Waals surface area contributed by atoms with Gasteiger partial charge < -0.3 is 29.7 Å². The van der Waals surface area contributed by atoms with Crippen molar-refractivity contribution < 1.29 is 41.8 Å². The number of allylic oxidation sites excluding steroid dienone is 1. The first kappa shape index (κ1) is 40.4. The summed E-state index contributed by atoms with van der Waals surface area (Å²) in [7, 11) is -2.37. The van der Waals surface area contributed by atoms with Crippen LogP contribution in [-0.4, -0.2) is 89.8 Å². The number of alkyl carbamates (subject to hydrolysis) is 1. The van der Waals surface area contributed by atoms with E-state index in [9.17, 15) is 27.6 Å². The smallest absolute Gasteiger partial charge is 0.408 e. The molecule has 1 spiro atoms. The van der Waals surface area contributed by atoms with Crippen LogP contribution in [0.15, 0.2) is 30.4 Å². The Morgan fingerprint density at radius 1 is 1.05 bits per heavy atom. The van der Waals surface area contributed by atoms with Gasteiger partial charge in [0.25, 0.3) is 5.91 Å². The fraction of sp³-hybridized carbons (Fsp3) is 0.651. The van der Waals surface area contributed by atoms with E-state index in [-0.39, 0.29) is 37.3 Å². The van der Waals surface area contributed by atoms with E-state index in [4.69, 9.17) is 19.2 Å². The monoisotopic (exact) mass is 819 g/mol. The summed E-state index contributed by atoms with van der Waals surface area (Å²) in [5, 5.41) is 6.76. The molecule has 1 aromatic carbocycles. The van der Waals surface area contributed by atoms with Crippen LogP contribution >= 0.6 is 0 Å². The molecule has 2 aromatic rings. The largest absolute Gasteiger partial charge is 0.497 e. The summed E-state index contributed by atoms with van der Waals surface area (Å²) in [5.74, 6) is -0.514. The molecule has 314 valence electrons. The van der Waals surface area contributed by atoms with Gasteiger partial charge in [0.1, 0.15) is 40.8 Å². The molecule has 1 aromatic heterocycles. The molecule has 0 radical (unpaired) electrons. The SMILES string of the molecule is COc1ccc2nc(C3CC3)c3c(c2c1)CC[C@]1(C[C@H]2C(=O)N[C@]4(C(=O)NS(=O)(=O)C5(C)CC5)C[C@H]4/C=C\CCCCC[C@H](NC(=O)O[C@H](C)C(C)C)C(=O)N2C1)O3. The molecule has 4 amide bonds. The number of hydrogen-bond donors (Lipinski definition) is 3. The van der Waals surface area contributed by atoms with Crippen LogP contribution < -0.4 is 24.8 Å². The van der Waals surface area contributed by atoms with Gasteiger partial charge >= 0.3 is 6.09 Å². The number of nitrogens with zero attached hydrogens (tertiary/aromatic N) is 2. The number of nitrogens with one attached hydrogen (secondary N) is 3. The number of sulfonamides is 1. The summed E-state index contributed by atoms with van der Waals surface area (Å²) in [5.41, 5.74) is 0.269. The summed E-state index contributed by atoms with van der Waals surface area (Å²) >= 11 is 0. The molecular weight excluding hydrogens is 763 g/mol. The highest BCUT2D eigenvalue weighted by Crippen LogP contribution is 2.52. The summed E-state index contributed by atoms with van der Waals surface area (Å²) in [6, 6.07) is 3.76. The van der Waals surface area contributed by atoms with Gasteiger partial charge in [-0.1, -0.05) is 38.8 Å². The Hall–Kier alpha value is -4.40. The molecule has 58 heavy (non-hydrogen) atoms. The molecule has 6 atom stereocenters. The molecule has 8 rings (SSSR count). The molecule has 14 nitrogen and oxygen atoms in total. The maximum absolute atomic E-state index is 14.9. The Balaban J connectivity index is 1.15. The summed E-state index contributed by atoms with van der Waals surface area (Å²) in [6.45, 7) is 7.36. The van der Waals surface area contributed by atoms with Crippen molar-refractivity contribution in [3.63, 3.8) is 0 Å². The van der Waals surface area contributed by atoms with Gasteiger partial charge in [0.2, 0.25) is 21.8 Å². The van der Waals surface area contributed by atoms with Crippen molar-refractivity contribution in [1.82, 2.24) is 25.2 Å². The van der Waals surface area contributed by atoms with Gasteiger partial charge in [0.05, 0.1) is 29.6 Å². The van der Waals surface area contributed by atoms with Crippen molar-refractivity contribution in [1.29, 1.82) is 0 Å². The van der Waals surface area contributed by atoms with E-state index in [0.29, 0.717) is 56.4 Å². The highest BCUT2D eigenvalue weighted by Gasteiger charge is 2.64. The Morgan fingerprint density at radius 3 is 2.53 bits per heavy atom. The Morgan fingerprint density at radius 2 is 1.83 bits per heavy atom. The number of carbonyl (C=O) groups is 4. The zero-order chi connectivity index (χ0) is 41.2. The lowest BCUT2D eigenvalue weighted by Crippen LogP contribution is -2.58. The van der Waals surface area contributed by atoms with Gasteiger partial charge in [-0.15, -0.1) is 0 Å². The maximum Gasteiger partial charge on any atom is 0.408 e. The van der Waals surface area contributed by atoms with Gasteiger partial charge in [0.15, 0.2) is 0 Å². The lowest BCUT2D eigenvalue weighted by molar-refractivity contribution is -0.141. The third-order valence-corrected chi connectivity index (χ3v) is 15.7. The highest BCUT2D eigenvalue weighted by molar-refractivity contribution is 7.91. The second-order valence-electron chi connectivity index (χ2n) is 18.2. The molecule has 3 saturated carbocycles. The Bertz CT molecular complexity index is 2150. The molecule has 3 N–H and O–H groups in total. The average molecular weight is 820 g/mol. The molecule has 3 aliphatic carbocycles. The van der Waals surface area contributed by atoms with Crippen molar-refractivity contribution in [3.8, 4) is 11.5 Å². The van der Waals surface area contributed by atoms with Gasteiger partial charge in [-0.2, -0.15) is 0 Å². The van der Waals surface area contributed by atoms with Crippen LogP contribution in [0.5, 0.6) is 11.5 Å². The minimum Gasteiger partial charge on any atom is -0.497 e. The normalized spacial score (nSPS) is 30.4. The highest BCUT2D eigenvalue weighted by atomic mass is 32.2. The molecule has 1 saturated heterocycles. The number of benzene rings is 1. The first-order valence-corrected chi connectivity index (χ1v) is 22.6. The minimum atomic E-state index is -3.99. The van der Waals surface area contributed by atoms with Crippen molar-refractivity contribution >= 4 is 44.7 Å². The minimum absolute atomic E-state index is 0.0615. The molecule has 0 bridgehead atoms. The van der Waals surface area contributed by atoms with Crippen LogP contribution in [0.3, 0.4) is 0 Å². The van der Waals surface area contributed by atoms with Crippen LogP contribution in [0.25, 0.3) is 10.9 Å². The first-order chi connectivity index (χ1) is 27.6. The van der Waals surface area contributed by atoms with Gasteiger partial charge in [-0.3, -0.25) is 19.1 Å². The number of methoxy groups -OCH3 is 1. The second-order valence-corrected chi connectivity index (χ2v) is 20.4. The lowest BCUT2D eigenvalue weighted by Gasteiger charge is -2.37. The van der Waals surface area contributed by atoms with Gasteiger partial charge in [0, 0.05) is 29.2 Å². The fourth-order valence-electron chi connectivity index (χ4n) is 8.78. The number of aryl methyl sites for hydroxylation is 1. The molecule has 0 unspecified atom stereocenters. The summed E-state index contributed by atoms with van der Waals surface area (Å²) in [4.78, 5) is 63.6. The lowest BCUT2D eigenvalue weighted by atomic mass is 9.86. The number of ether oxygens (including phenoxy) is 3. The van der Waals surface area contributed by atoms with Crippen molar-refractivity contribution in [3.05, 3.63) is 41.6 Å². The number of pyridine rings is 1. The topological polar surface area (TPSA) is 182 Å². The zero-order valence-electron chi connectivity index (χ0n) is 34.2. The third kappa shape index (κ3) is 7.63. The van der Waals surface area contributed by atoms with Crippen LogP contribution in [-0.2, 0) is 35.6 Å². The van der Waals surface area contributed by atoms with Crippen LogP contribution in [0.1, 0.15) is 122 Å². The van der Waals surface area contributed by atoms with Crippen molar-refractivity contribution in [2.24, 2.45) is 11.8 Å². The third-order valence-electron chi connectivity index (χ3n) is 13.5. The number of aromatic nitrogens is 1. The molecule has 6 aliphatic rings. The molecule has 4 heterocycles. The van der Waals surface area contributed by atoms with Gasteiger partial charge in [-0.05, 0) is 102 Å². The first-order valence-electron chi connectivity index (χ1n) is 21.1. The summed E-state index contributed by atoms with van der Waals surface area (Å²) in [6.07, 6.45) is 10.4. The van der Waals surface area contributed by atoms with E-state index >= 15 is 0 Å². The van der Waals surface area contributed by atoms with Crippen molar-refractivity contribution in [2.45, 2.75) is 151 Å². The average Bonchev–Trinajstić information content (AvgIpc) is 4.12. The predicted octanol–water partition coefficient (Wildman–Crippen LogP) is 5.32. The summed E-state index contributed by atoms with van der Waals surface area (Å²) < 4.78 is 46.1. The van der Waals surface area contributed by atoms with E-state index in [1.165, 1.54) is 4.90 Å². The van der Waals surface area contributed by atoms with Crippen LogP contribution in [0.4, 0.5) is 4.79 Å². The van der Waals surface area contributed by atoms with E-state index in [2.05, 4.69) is 15.4 Å². The Labute approximate surface area is 340 Å². The molecule has 3 aliphatic heterocycles. The van der Waals surface area contributed by atoms with E-state index in [1.807, 2.05) is 44.2 Å². The fourth-order valence-corrected chi connectivity index (χ4v) is 10.1. The second kappa shape index (κ2) is 15.0. The predicted molar refractivity (Wildman–Crippen MR) is 216 cm³/mol. The Kier molecular flexibility index (Phi) is 10.4. The number of fused-ring (bicyclic) bond motifs is 5. The van der Waals surface area contributed by atoms with Crippen molar-refractivity contribution in [2.75, 3.05) is 13.7 Å². The number of amides is 4. The molecular formula is C43H57N5O9S. The number of rotatable bonds is 8. The van der Waals surface area contributed by atoms with Crippen LogP contribution in [0.2, 0.25) is 0 Å².